The molecule has 98 valence electrons. The van der Waals surface area contributed by atoms with Gasteiger partial charge in [0.25, 0.3) is 0 Å². The standard InChI is InChI=1S/C15H22N2S/c1-14(2,3)9-7-10(16)12-11(8-9)18-13(17-12)15(4,5)6/h7-8H,16H2,1-6H3. The van der Waals surface area contributed by atoms with Crippen LogP contribution in [0.4, 0.5) is 5.69 Å². The van der Waals surface area contributed by atoms with E-state index in [0.29, 0.717) is 0 Å². The van der Waals surface area contributed by atoms with Crippen LogP contribution in [0.1, 0.15) is 52.1 Å². The SMILES string of the molecule is CC(C)(C)c1cc(N)c2nc(C(C)(C)C)sc2c1. The third kappa shape index (κ3) is 2.37. The summed E-state index contributed by atoms with van der Waals surface area (Å²) in [4.78, 5) is 4.70. The fraction of sp³-hybridized carbons (Fsp3) is 0.533. The Balaban J connectivity index is 2.67. The average Bonchev–Trinajstić information content (AvgIpc) is 2.59. The van der Waals surface area contributed by atoms with Gasteiger partial charge in [-0.05, 0) is 23.1 Å². The summed E-state index contributed by atoms with van der Waals surface area (Å²) in [7, 11) is 0. The molecule has 2 nitrogen and oxygen atoms in total. The summed E-state index contributed by atoms with van der Waals surface area (Å²) in [5, 5.41) is 1.15. The third-order valence-electron chi connectivity index (χ3n) is 3.03. The van der Waals surface area contributed by atoms with Crippen molar-refractivity contribution < 1.29 is 0 Å². The smallest absolute Gasteiger partial charge is 0.104 e. The van der Waals surface area contributed by atoms with Crippen LogP contribution in [0.15, 0.2) is 12.1 Å². The normalized spacial score (nSPS) is 13.2. The van der Waals surface area contributed by atoms with Crippen molar-refractivity contribution in [2.45, 2.75) is 52.4 Å². The van der Waals surface area contributed by atoms with Gasteiger partial charge in [0.1, 0.15) is 5.52 Å². The minimum absolute atomic E-state index is 0.0814. The fourth-order valence-corrected chi connectivity index (χ4v) is 2.91. The molecule has 0 atom stereocenters. The van der Waals surface area contributed by atoms with Gasteiger partial charge < -0.3 is 5.73 Å². The lowest BCUT2D eigenvalue weighted by atomic mass is 9.87. The molecule has 0 amide bonds. The molecule has 2 rings (SSSR count). The largest absolute Gasteiger partial charge is 0.397 e. The fourth-order valence-electron chi connectivity index (χ4n) is 1.81. The summed E-state index contributed by atoms with van der Waals surface area (Å²) >= 11 is 1.76. The highest BCUT2D eigenvalue weighted by Crippen LogP contribution is 2.36. The van der Waals surface area contributed by atoms with Crippen molar-refractivity contribution >= 4 is 27.2 Å². The average molecular weight is 262 g/mol. The lowest BCUT2D eigenvalue weighted by molar-refractivity contribution is 0.587. The van der Waals surface area contributed by atoms with Crippen LogP contribution in [0.2, 0.25) is 0 Å². The number of hydrogen-bond donors (Lipinski definition) is 1. The Labute approximate surface area is 113 Å². The Morgan fingerprint density at radius 1 is 1.00 bits per heavy atom. The molecular weight excluding hydrogens is 240 g/mol. The number of nitrogen functional groups attached to an aromatic ring is 1. The zero-order valence-corrected chi connectivity index (χ0v) is 12.9. The molecule has 0 fully saturated rings. The molecule has 0 saturated heterocycles. The molecular formula is C15H22N2S. The van der Waals surface area contributed by atoms with Gasteiger partial charge in [-0.1, -0.05) is 41.5 Å². The summed E-state index contributed by atoms with van der Waals surface area (Å²) in [6.45, 7) is 13.2. The summed E-state index contributed by atoms with van der Waals surface area (Å²) in [5.41, 5.74) is 9.38. The van der Waals surface area contributed by atoms with Gasteiger partial charge in [0, 0.05) is 5.41 Å². The Bertz CT molecular complexity index is 583. The quantitative estimate of drug-likeness (QED) is 0.711. The monoisotopic (exact) mass is 262 g/mol. The highest BCUT2D eigenvalue weighted by Gasteiger charge is 2.21. The number of nitrogens with two attached hydrogens (primary N) is 1. The van der Waals surface area contributed by atoms with Crippen LogP contribution < -0.4 is 5.73 Å². The number of fused-ring (bicyclic) bond motifs is 1. The maximum Gasteiger partial charge on any atom is 0.104 e. The molecule has 0 saturated carbocycles. The van der Waals surface area contributed by atoms with E-state index in [2.05, 4.69) is 53.7 Å². The zero-order valence-electron chi connectivity index (χ0n) is 12.1. The Morgan fingerprint density at radius 2 is 1.61 bits per heavy atom. The molecule has 3 heteroatoms. The van der Waals surface area contributed by atoms with Gasteiger partial charge in [-0.3, -0.25) is 0 Å². The number of hydrogen-bond acceptors (Lipinski definition) is 3. The molecule has 0 spiro atoms. The maximum atomic E-state index is 6.15. The highest BCUT2D eigenvalue weighted by molar-refractivity contribution is 7.18. The second kappa shape index (κ2) is 3.95. The van der Waals surface area contributed by atoms with Gasteiger partial charge in [-0.2, -0.15) is 0 Å². The minimum atomic E-state index is 0.0814. The summed E-state index contributed by atoms with van der Waals surface area (Å²) in [6.07, 6.45) is 0. The minimum Gasteiger partial charge on any atom is -0.397 e. The van der Waals surface area contributed by atoms with Crippen molar-refractivity contribution in [1.29, 1.82) is 0 Å². The van der Waals surface area contributed by atoms with Gasteiger partial charge in [-0.25, -0.2) is 4.98 Å². The molecule has 0 bridgehead atoms. The van der Waals surface area contributed by atoms with Crippen molar-refractivity contribution in [3.8, 4) is 0 Å². The van der Waals surface area contributed by atoms with Crippen LogP contribution in [-0.4, -0.2) is 4.98 Å². The maximum absolute atomic E-state index is 6.15. The second-order valence-electron chi connectivity index (χ2n) is 6.93. The summed E-state index contributed by atoms with van der Waals surface area (Å²) in [5.74, 6) is 0. The first kappa shape index (κ1) is 13.3. The van der Waals surface area contributed by atoms with E-state index in [0.717, 1.165) is 16.2 Å². The topological polar surface area (TPSA) is 38.9 Å². The van der Waals surface area contributed by atoms with Crippen LogP contribution in [0.25, 0.3) is 10.2 Å². The van der Waals surface area contributed by atoms with Crippen molar-refractivity contribution in [1.82, 2.24) is 4.98 Å². The van der Waals surface area contributed by atoms with E-state index in [1.54, 1.807) is 11.3 Å². The molecule has 1 heterocycles. The molecule has 18 heavy (non-hydrogen) atoms. The van der Waals surface area contributed by atoms with Gasteiger partial charge in [0.15, 0.2) is 0 Å². The molecule has 2 aromatic rings. The lowest BCUT2D eigenvalue weighted by Gasteiger charge is -2.19. The van der Waals surface area contributed by atoms with Crippen LogP contribution in [0, 0.1) is 0 Å². The molecule has 0 aliphatic heterocycles. The lowest BCUT2D eigenvalue weighted by Crippen LogP contribution is -2.11. The van der Waals surface area contributed by atoms with Crippen LogP contribution in [0.3, 0.4) is 0 Å². The van der Waals surface area contributed by atoms with E-state index in [-0.39, 0.29) is 10.8 Å². The predicted molar refractivity (Wildman–Crippen MR) is 81.4 cm³/mol. The number of aromatic nitrogens is 1. The van der Waals surface area contributed by atoms with E-state index < -0.39 is 0 Å². The summed E-state index contributed by atoms with van der Waals surface area (Å²) < 4.78 is 1.20. The number of nitrogens with zero attached hydrogens (tertiary/aromatic N) is 1. The summed E-state index contributed by atoms with van der Waals surface area (Å²) in [6, 6.07) is 4.30. The molecule has 0 aliphatic rings. The Morgan fingerprint density at radius 3 is 2.11 bits per heavy atom. The first-order valence-corrected chi connectivity index (χ1v) is 7.12. The Hall–Kier alpha value is -1.09. The molecule has 0 unspecified atom stereocenters. The van der Waals surface area contributed by atoms with E-state index >= 15 is 0 Å². The number of anilines is 1. The first-order chi connectivity index (χ1) is 8.09. The van der Waals surface area contributed by atoms with Gasteiger partial charge >= 0.3 is 0 Å². The van der Waals surface area contributed by atoms with Crippen molar-refractivity contribution in [2.75, 3.05) is 5.73 Å². The molecule has 1 aromatic heterocycles. The van der Waals surface area contributed by atoms with Crippen LogP contribution >= 0.6 is 11.3 Å². The number of rotatable bonds is 0. The molecule has 0 aliphatic carbocycles. The second-order valence-corrected chi connectivity index (χ2v) is 7.96. The van der Waals surface area contributed by atoms with Crippen LogP contribution in [-0.2, 0) is 10.8 Å². The van der Waals surface area contributed by atoms with E-state index in [4.69, 9.17) is 10.7 Å². The van der Waals surface area contributed by atoms with E-state index in [1.807, 2.05) is 0 Å². The third-order valence-corrected chi connectivity index (χ3v) is 4.46. The van der Waals surface area contributed by atoms with Crippen molar-refractivity contribution in [3.05, 3.63) is 22.7 Å². The molecule has 1 aromatic carbocycles. The van der Waals surface area contributed by atoms with Crippen molar-refractivity contribution in [3.63, 3.8) is 0 Å². The number of benzene rings is 1. The first-order valence-electron chi connectivity index (χ1n) is 6.30. The van der Waals surface area contributed by atoms with E-state index in [9.17, 15) is 0 Å². The van der Waals surface area contributed by atoms with Crippen molar-refractivity contribution in [2.24, 2.45) is 0 Å². The van der Waals surface area contributed by atoms with Gasteiger partial charge in [-0.15, -0.1) is 11.3 Å². The zero-order chi connectivity index (χ0) is 13.7. The molecule has 0 radical (unpaired) electrons. The van der Waals surface area contributed by atoms with Gasteiger partial charge in [0.05, 0.1) is 15.4 Å². The van der Waals surface area contributed by atoms with Gasteiger partial charge in [0.2, 0.25) is 0 Å². The molecule has 2 N–H and O–H groups in total. The number of thiazole rings is 1. The van der Waals surface area contributed by atoms with E-state index in [1.165, 1.54) is 10.3 Å². The highest BCUT2D eigenvalue weighted by atomic mass is 32.1. The van der Waals surface area contributed by atoms with Crippen LogP contribution in [0.5, 0.6) is 0 Å². The predicted octanol–water partition coefficient (Wildman–Crippen LogP) is 4.47. The Kier molecular flexibility index (Phi) is 2.93.